The number of aryl methyl sites for hydroxylation is 1. The minimum atomic E-state index is -0.311. The van der Waals surface area contributed by atoms with Gasteiger partial charge >= 0.3 is 0 Å². The second kappa shape index (κ2) is 10.9. The van der Waals surface area contributed by atoms with E-state index in [1.54, 1.807) is 18.3 Å². The highest BCUT2D eigenvalue weighted by Gasteiger charge is 2.41. The molecule has 9 heteroatoms. The summed E-state index contributed by atoms with van der Waals surface area (Å²) in [5.74, 6) is 1.20. The molecule has 3 heterocycles. The van der Waals surface area contributed by atoms with Crippen molar-refractivity contribution in [1.82, 2.24) is 15.2 Å². The molecule has 37 heavy (non-hydrogen) atoms. The fourth-order valence-electron chi connectivity index (χ4n) is 4.38. The minimum absolute atomic E-state index is 0.0974. The third kappa shape index (κ3) is 5.64. The molecule has 5 rings (SSSR count). The quantitative estimate of drug-likeness (QED) is 0.242. The maximum absolute atomic E-state index is 12.7. The molecule has 2 aromatic carbocycles. The zero-order chi connectivity index (χ0) is 25.9. The van der Waals surface area contributed by atoms with Gasteiger partial charge in [-0.05, 0) is 73.7 Å². The molecule has 0 spiro atoms. The van der Waals surface area contributed by atoms with Gasteiger partial charge in [-0.25, -0.2) is 0 Å². The summed E-state index contributed by atoms with van der Waals surface area (Å²) in [7, 11) is 0. The van der Waals surface area contributed by atoms with Gasteiger partial charge in [0.15, 0.2) is 5.11 Å². The van der Waals surface area contributed by atoms with Crippen LogP contribution >= 0.6 is 35.4 Å². The van der Waals surface area contributed by atoms with E-state index < -0.39 is 0 Å². The third-order valence-electron chi connectivity index (χ3n) is 6.23. The van der Waals surface area contributed by atoms with Gasteiger partial charge in [0.05, 0.1) is 16.8 Å². The second-order valence-electron chi connectivity index (χ2n) is 8.81. The van der Waals surface area contributed by atoms with E-state index in [4.69, 9.17) is 39.8 Å². The van der Waals surface area contributed by atoms with Crippen molar-refractivity contribution in [3.8, 4) is 11.3 Å². The Hall–Kier alpha value is -3.39. The van der Waals surface area contributed by atoms with E-state index in [2.05, 4.69) is 15.6 Å². The molecule has 0 unspecified atom stereocenters. The standard InChI is InChI=1S/C28H24Cl2N4O2S/c1-17-5-8-19(9-6-17)32-25(35)13-15-34-27(26(33-28(34)37)22-4-2-3-14-31-22)24-12-11-23(36-24)20-10-7-18(29)16-21(20)30/h2-12,14,16,26-27H,13,15H2,1H3,(H,32,35)(H,33,37)/t26-,27-/m0/s1. The summed E-state index contributed by atoms with van der Waals surface area (Å²) in [4.78, 5) is 19.3. The molecule has 1 amide bonds. The predicted molar refractivity (Wildman–Crippen MR) is 151 cm³/mol. The highest BCUT2D eigenvalue weighted by atomic mass is 35.5. The van der Waals surface area contributed by atoms with Gasteiger partial charge in [-0.3, -0.25) is 9.78 Å². The van der Waals surface area contributed by atoms with E-state index in [0.717, 1.165) is 22.5 Å². The Bertz CT molecular complexity index is 1430. The largest absolute Gasteiger partial charge is 0.459 e. The zero-order valence-corrected chi connectivity index (χ0v) is 22.3. The van der Waals surface area contributed by atoms with Crippen LogP contribution in [0.4, 0.5) is 5.69 Å². The van der Waals surface area contributed by atoms with Crippen molar-refractivity contribution in [2.75, 3.05) is 11.9 Å². The third-order valence-corrected chi connectivity index (χ3v) is 7.13. The number of carbonyl (C=O) groups excluding carboxylic acids is 1. The van der Waals surface area contributed by atoms with Gasteiger partial charge in [-0.2, -0.15) is 0 Å². The molecule has 0 aliphatic carbocycles. The fraction of sp³-hybridized carbons (Fsp3) is 0.179. The molecule has 0 saturated carbocycles. The maximum Gasteiger partial charge on any atom is 0.226 e. The van der Waals surface area contributed by atoms with Crippen LogP contribution in [0.5, 0.6) is 0 Å². The fourth-order valence-corrected chi connectivity index (χ4v) is 5.22. The number of rotatable bonds is 7. The first-order valence-electron chi connectivity index (χ1n) is 11.8. The number of nitrogens with one attached hydrogen (secondary N) is 2. The maximum atomic E-state index is 12.7. The van der Waals surface area contributed by atoms with Crippen molar-refractivity contribution < 1.29 is 9.21 Å². The van der Waals surface area contributed by atoms with Crippen LogP contribution in [0.2, 0.25) is 10.0 Å². The monoisotopic (exact) mass is 550 g/mol. The number of halogens is 2. The highest BCUT2D eigenvalue weighted by molar-refractivity contribution is 7.80. The van der Waals surface area contributed by atoms with Crippen LogP contribution in [0.3, 0.4) is 0 Å². The lowest BCUT2D eigenvalue weighted by Crippen LogP contribution is -2.32. The van der Waals surface area contributed by atoms with Crippen LogP contribution < -0.4 is 10.6 Å². The van der Waals surface area contributed by atoms with Gasteiger partial charge in [-0.1, -0.05) is 47.0 Å². The van der Waals surface area contributed by atoms with E-state index in [9.17, 15) is 4.79 Å². The highest BCUT2D eigenvalue weighted by Crippen LogP contribution is 2.41. The van der Waals surface area contributed by atoms with Gasteiger partial charge in [0.25, 0.3) is 0 Å². The first-order chi connectivity index (χ1) is 17.9. The summed E-state index contributed by atoms with van der Waals surface area (Å²) in [6.45, 7) is 2.40. The number of aromatic nitrogens is 1. The lowest BCUT2D eigenvalue weighted by atomic mass is 10.0. The van der Waals surface area contributed by atoms with Crippen LogP contribution in [0.25, 0.3) is 11.3 Å². The van der Waals surface area contributed by atoms with Gasteiger partial charge in [0, 0.05) is 35.4 Å². The number of hydrogen-bond acceptors (Lipinski definition) is 4. The smallest absolute Gasteiger partial charge is 0.226 e. The van der Waals surface area contributed by atoms with Crippen LogP contribution in [-0.2, 0) is 4.79 Å². The number of anilines is 1. The summed E-state index contributed by atoms with van der Waals surface area (Å²) in [6, 6.07) is 22.0. The van der Waals surface area contributed by atoms with Crippen LogP contribution in [0, 0.1) is 6.92 Å². The first-order valence-corrected chi connectivity index (χ1v) is 13.0. The Kier molecular flexibility index (Phi) is 7.46. The zero-order valence-electron chi connectivity index (χ0n) is 19.9. The van der Waals surface area contributed by atoms with Crippen molar-refractivity contribution in [2.45, 2.75) is 25.4 Å². The molecule has 1 aliphatic heterocycles. The van der Waals surface area contributed by atoms with Crippen LogP contribution in [-0.4, -0.2) is 27.4 Å². The van der Waals surface area contributed by atoms with Gasteiger partial charge in [0.1, 0.15) is 17.6 Å². The Morgan fingerprint density at radius 2 is 1.92 bits per heavy atom. The first kappa shape index (κ1) is 25.3. The molecular formula is C28H24Cl2N4O2S. The average Bonchev–Trinajstić information content (AvgIpc) is 3.49. The molecule has 4 aromatic rings. The summed E-state index contributed by atoms with van der Waals surface area (Å²) in [5, 5.41) is 7.91. The molecule has 0 bridgehead atoms. The SMILES string of the molecule is Cc1ccc(NC(=O)CCN2C(=S)N[C@@H](c3ccccn3)[C@@H]2c2ccc(-c3ccc(Cl)cc3Cl)o2)cc1. The molecule has 188 valence electrons. The van der Waals surface area contributed by atoms with E-state index in [0.29, 0.717) is 33.2 Å². The van der Waals surface area contributed by atoms with Crippen molar-refractivity contribution in [1.29, 1.82) is 0 Å². The summed E-state index contributed by atoms with van der Waals surface area (Å²) >= 11 is 18.2. The van der Waals surface area contributed by atoms with E-state index in [1.807, 2.05) is 72.5 Å². The number of carbonyl (C=O) groups is 1. The van der Waals surface area contributed by atoms with Crippen LogP contribution in [0.1, 0.15) is 35.5 Å². The number of amides is 1. The number of benzene rings is 2. The van der Waals surface area contributed by atoms with Gasteiger partial charge in [0.2, 0.25) is 5.91 Å². The topological polar surface area (TPSA) is 70.4 Å². The normalized spacial score (nSPS) is 17.1. The molecule has 1 aliphatic rings. The molecule has 1 fully saturated rings. The minimum Gasteiger partial charge on any atom is -0.459 e. The molecular weight excluding hydrogens is 527 g/mol. The molecule has 1 saturated heterocycles. The Labute approximate surface area is 230 Å². The Morgan fingerprint density at radius 3 is 2.65 bits per heavy atom. The molecule has 6 nitrogen and oxygen atoms in total. The number of furan rings is 1. The summed E-state index contributed by atoms with van der Waals surface area (Å²) < 4.78 is 6.32. The van der Waals surface area contributed by atoms with E-state index in [-0.39, 0.29) is 24.4 Å². The molecule has 2 aromatic heterocycles. The molecule has 2 atom stereocenters. The molecule has 0 radical (unpaired) electrons. The predicted octanol–water partition coefficient (Wildman–Crippen LogP) is 6.96. The lowest BCUT2D eigenvalue weighted by molar-refractivity contribution is -0.116. The Morgan fingerprint density at radius 1 is 1.11 bits per heavy atom. The van der Waals surface area contributed by atoms with Crippen molar-refractivity contribution in [3.63, 3.8) is 0 Å². The van der Waals surface area contributed by atoms with Crippen molar-refractivity contribution in [3.05, 3.63) is 106 Å². The second-order valence-corrected chi connectivity index (χ2v) is 10.0. The average molecular weight is 551 g/mol. The lowest BCUT2D eigenvalue weighted by Gasteiger charge is -2.25. The summed E-state index contributed by atoms with van der Waals surface area (Å²) in [6.07, 6.45) is 1.99. The van der Waals surface area contributed by atoms with Crippen molar-refractivity contribution >= 4 is 52.1 Å². The number of thiocarbonyl (C=S) groups is 1. The number of hydrogen-bond donors (Lipinski definition) is 2. The van der Waals surface area contributed by atoms with E-state index in [1.165, 1.54) is 0 Å². The van der Waals surface area contributed by atoms with Gasteiger partial charge < -0.3 is 20.0 Å². The Balaban J connectivity index is 1.40. The summed E-state index contributed by atoms with van der Waals surface area (Å²) in [5.41, 5.74) is 3.46. The van der Waals surface area contributed by atoms with Crippen molar-refractivity contribution in [2.24, 2.45) is 0 Å². The molecule has 2 N–H and O–H groups in total. The van der Waals surface area contributed by atoms with Gasteiger partial charge in [-0.15, -0.1) is 0 Å². The number of pyridine rings is 1. The number of nitrogens with zero attached hydrogens (tertiary/aromatic N) is 2. The van der Waals surface area contributed by atoms with E-state index >= 15 is 0 Å². The van der Waals surface area contributed by atoms with Crippen LogP contribution in [0.15, 0.2) is 83.4 Å².